The number of hydrogen-bond donors (Lipinski definition) is 2. The van der Waals surface area contributed by atoms with E-state index < -0.39 is 23.8 Å². The van der Waals surface area contributed by atoms with Crippen LogP contribution in [0.25, 0.3) is 0 Å². The molecule has 0 saturated carbocycles. The van der Waals surface area contributed by atoms with Gasteiger partial charge in [-0.15, -0.1) is 0 Å². The number of benzene rings is 1. The van der Waals surface area contributed by atoms with Gasteiger partial charge in [0.25, 0.3) is 11.8 Å². The maximum Gasteiger partial charge on any atom is 0.262 e. The number of hydrogen-bond acceptors (Lipinski definition) is 7. The molecule has 0 radical (unpaired) electrons. The molecule has 0 bridgehead atoms. The van der Waals surface area contributed by atoms with Crippen LogP contribution in [0.1, 0.15) is 58.9 Å². The van der Waals surface area contributed by atoms with Crippen molar-refractivity contribution in [3.63, 3.8) is 0 Å². The van der Waals surface area contributed by atoms with Crippen LogP contribution in [-0.2, 0) is 20.9 Å². The number of ether oxygens (including phenoxy) is 1. The van der Waals surface area contributed by atoms with E-state index in [9.17, 15) is 19.2 Å². The Kier molecular flexibility index (Phi) is 5.35. The predicted molar refractivity (Wildman–Crippen MR) is 114 cm³/mol. The van der Waals surface area contributed by atoms with E-state index in [2.05, 4.69) is 22.5 Å². The Morgan fingerprint density at radius 3 is 2.53 bits per heavy atom. The summed E-state index contributed by atoms with van der Waals surface area (Å²) in [5.74, 6) is -1.90. The molecule has 32 heavy (non-hydrogen) atoms. The predicted octanol–water partition coefficient (Wildman–Crippen LogP) is 0.431. The van der Waals surface area contributed by atoms with Crippen molar-refractivity contribution < 1.29 is 23.9 Å². The fourth-order valence-corrected chi connectivity index (χ4v) is 5.11. The quantitative estimate of drug-likeness (QED) is 0.657. The summed E-state index contributed by atoms with van der Waals surface area (Å²) in [5, 5.41) is 5.88. The number of imide groups is 2. The monoisotopic (exact) mass is 440 g/mol. The molecule has 170 valence electrons. The molecular weight excluding hydrogens is 412 g/mol. The van der Waals surface area contributed by atoms with Crippen LogP contribution in [0.5, 0.6) is 0 Å². The van der Waals surface area contributed by atoms with Crippen LogP contribution in [0.15, 0.2) is 18.2 Å². The van der Waals surface area contributed by atoms with Crippen molar-refractivity contribution >= 4 is 23.6 Å². The molecule has 2 unspecified atom stereocenters. The number of amides is 4. The third-order valence-corrected chi connectivity index (χ3v) is 7.13. The summed E-state index contributed by atoms with van der Waals surface area (Å²) in [5.41, 5.74) is 1.68. The molecule has 5 rings (SSSR count). The van der Waals surface area contributed by atoms with E-state index in [1.807, 2.05) is 6.07 Å². The molecule has 9 nitrogen and oxygen atoms in total. The lowest BCUT2D eigenvalue weighted by molar-refractivity contribution is -0.136. The van der Waals surface area contributed by atoms with E-state index in [1.54, 1.807) is 12.1 Å². The van der Waals surface area contributed by atoms with Crippen molar-refractivity contribution in [3.8, 4) is 0 Å². The molecule has 4 heterocycles. The minimum atomic E-state index is -0.935. The van der Waals surface area contributed by atoms with E-state index in [-0.39, 0.29) is 30.4 Å². The van der Waals surface area contributed by atoms with Gasteiger partial charge in [0.1, 0.15) is 6.04 Å². The molecule has 0 aliphatic carbocycles. The molecule has 2 N–H and O–H groups in total. The smallest absolute Gasteiger partial charge is 0.262 e. The van der Waals surface area contributed by atoms with Gasteiger partial charge in [-0.2, -0.15) is 0 Å². The van der Waals surface area contributed by atoms with Gasteiger partial charge < -0.3 is 10.1 Å². The normalized spacial score (nSPS) is 28.2. The second-order valence-corrected chi connectivity index (χ2v) is 9.39. The molecule has 3 saturated heterocycles. The van der Waals surface area contributed by atoms with Crippen LogP contribution < -0.4 is 10.6 Å². The van der Waals surface area contributed by atoms with Crippen molar-refractivity contribution in [2.24, 2.45) is 0 Å². The van der Waals surface area contributed by atoms with Crippen molar-refractivity contribution in [2.75, 3.05) is 26.2 Å². The Balaban J connectivity index is 1.25. The van der Waals surface area contributed by atoms with Crippen LogP contribution >= 0.6 is 0 Å². The highest BCUT2D eigenvalue weighted by atomic mass is 16.5. The van der Waals surface area contributed by atoms with Crippen LogP contribution in [0.4, 0.5) is 0 Å². The van der Waals surface area contributed by atoms with Gasteiger partial charge in [-0.05, 0) is 43.9 Å². The van der Waals surface area contributed by atoms with E-state index in [0.717, 1.165) is 49.5 Å². The fraction of sp³-hybridized carbons (Fsp3) is 0.565. The molecule has 4 aliphatic heterocycles. The summed E-state index contributed by atoms with van der Waals surface area (Å²) < 4.78 is 5.87. The van der Waals surface area contributed by atoms with Gasteiger partial charge in [-0.25, -0.2) is 0 Å². The number of carbonyl (C=O) groups excluding carboxylic acids is 4. The molecule has 2 atom stereocenters. The largest absolute Gasteiger partial charge is 0.375 e. The number of rotatable bonds is 3. The Morgan fingerprint density at radius 2 is 1.84 bits per heavy atom. The van der Waals surface area contributed by atoms with Crippen LogP contribution in [0.2, 0.25) is 0 Å². The topological polar surface area (TPSA) is 108 Å². The first-order valence-corrected chi connectivity index (χ1v) is 11.3. The van der Waals surface area contributed by atoms with Gasteiger partial charge in [0.2, 0.25) is 11.8 Å². The summed E-state index contributed by atoms with van der Waals surface area (Å²) in [4.78, 5) is 52.9. The lowest BCUT2D eigenvalue weighted by Gasteiger charge is -2.46. The second-order valence-electron chi connectivity index (χ2n) is 9.39. The fourth-order valence-electron chi connectivity index (χ4n) is 5.11. The second kappa shape index (κ2) is 8.06. The zero-order valence-electron chi connectivity index (χ0n) is 18.2. The molecule has 4 aliphatic rings. The highest BCUT2D eigenvalue weighted by Crippen LogP contribution is 2.30. The molecule has 1 aromatic rings. The Bertz CT molecular complexity index is 975. The van der Waals surface area contributed by atoms with E-state index in [4.69, 9.17) is 4.74 Å². The van der Waals surface area contributed by atoms with Crippen molar-refractivity contribution in [2.45, 2.75) is 56.8 Å². The third-order valence-electron chi connectivity index (χ3n) is 7.13. The average Bonchev–Trinajstić information content (AvgIpc) is 3.02. The lowest BCUT2D eigenvalue weighted by atomic mass is 9.86. The van der Waals surface area contributed by atoms with Crippen molar-refractivity contribution in [1.82, 2.24) is 20.4 Å². The zero-order valence-corrected chi connectivity index (χ0v) is 18.2. The van der Waals surface area contributed by atoms with Gasteiger partial charge in [-0.3, -0.25) is 34.3 Å². The molecular formula is C23H28N4O5. The molecule has 1 aromatic carbocycles. The molecule has 4 amide bonds. The van der Waals surface area contributed by atoms with E-state index in [1.165, 1.54) is 0 Å². The first kappa shape index (κ1) is 21.2. The highest BCUT2D eigenvalue weighted by molar-refractivity contribution is 6.23. The van der Waals surface area contributed by atoms with Crippen LogP contribution in [0.3, 0.4) is 0 Å². The molecule has 1 spiro atoms. The first-order valence-electron chi connectivity index (χ1n) is 11.3. The number of nitrogens with zero attached hydrogens (tertiary/aromatic N) is 2. The minimum Gasteiger partial charge on any atom is -0.375 e. The maximum absolute atomic E-state index is 13.0. The van der Waals surface area contributed by atoms with Crippen molar-refractivity contribution in [3.05, 3.63) is 34.9 Å². The van der Waals surface area contributed by atoms with Crippen molar-refractivity contribution in [1.29, 1.82) is 0 Å². The number of nitrogens with one attached hydrogen (secondary N) is 2. The SMILES string of the molecule is CC1CNC2(CCN(Cc3ccc4c(c3)C(=O)N(C3CCC(=O)NC3=O)C4=O)CC2)CO1. The molecule has 9 heteroatoms. The lowest BCUT2D eigenvalue weighted by Crippen LogP contribution is -2.61. The van der Waals surface area contributed by atoms with Gasteiger partial charge in [0, 0.05) is 38.1 Å². The summed E-state index contributed by atoms with van der Waals surface area (Å²) in [7, 11) is 0. The summed E-state index contributed by atoms with van der Waals surface area (Å²) in [6, 6.07) is 4.40. The minimum absolute atomic E-state index is 0.0613. The summed E-state index contributed by atoms with van der Waals surface area (Å²) in [6.07, 6.45) is 2.54. The Morgan fingerprint density at radius 1 is 1.09 bits per heavy atom. The van der Waals surface area contributed by atoms with E-state index >= 15 is 0 Å². The molecule has 0 aromatic heterocycles. The number of piperidine rings is 2. The third kappa shape index (κ3) is 3.74. The standard InChI is InChI=1S/C23H28N4O5/c1-14-11-24-23(13-32-14)6-8-26(9-7-23)12-15-2-3-16-17(10-15)22(31)27(21(16)30)18-4-5-19(28)25-20(18)29/h2-3,10,14,18,24H,4-9,11-13H2,1H3,(H,25,28,29). The Labute approximate surface area is 186 Å². The first-order chi connectivity index (χ1) is 15.3. The van der Waals surface area contributed by atoms with Gasteiger partial charge in [0.05, 0.1) is 23.8 Å². The molecule has 3 fully saturated rings. The van der Waals surface area contributed by atoms with Gasteiger partial charge >= 0.3 is 0 Å². The average molecular weight is 441 g/mol. The zero-order chi connectivity index (χ0) is 22.5. The van der Waals surface area contributed by atoms with E-state index in [0.29, 0.717) is 17.7 Å². The number of morpholine rings is 1. The number of carbonyl (C=O) groups is 4. The van der Waals surface area contributed by atoms with Crippen LogP contribution in [-0.4, -0.2) is 77.4 Å². The van der Waals surface area contributed by atoms with Gasteiger partial charge in [0.15, 0.2) is 0 Å². The summed E-state index contributed by atoms with van der Waals surface area (Å²) in [6.45, 7) is 6.25. The van der Waals surface area contributed by atoms with Crippen LogP contribution in [0, 0.1) is 0 Å². The highest BCUT2D eigenvalue weighted by Gasteiger charge is 2.44. The van der Waals surface area contributed by atoms with Gasteiger partial charge in [-0.1, -0.05) is 6.07 Å². The number of fused-ring (bicyclic) bond motifs is 1. The summed E-state index contributed by atoms with van der Waals surface area (Å²) >= 11 is 0. The Hall–Kier alpha value is -2.62. The maximum atomic E-state index is 13.0. The number of likely N-dealkylation sites (tertiary alicyclic amines) is 1.